The lowest BCUT2D eigenvalue weighted by molar-refractivity contribution is 0.00578. The molecule has 1 aliphatic heterocycles. The Morgan fingerprint density at radius 3 is 2.19 bits per heavy atom. The van der Waals surface area contributed by atoms with Crippen molar-refractivity contribution in [3.63, 3.8) is 0 Å². The predicted octanol–water partition coefficient (Wildman–Crippen LogP) is 1.54. The molecule has 0 spiro atoms. The summed E-state index contributed by atoms with van der Waals surface area (Å²) in [5.41, 5.74) is 1.02. The normalized spacial score (nSPS) is 17.6. The van der Waals surface area contributed by atoms with Gasteiger partial charge in [-0.15, -0.1) is 0 Å². The van der Waals surface area contributed by atoms with Crippen LogP contribution in [0.1, 0.15) is 43.7 Å². The molecule has 0 N–H and O–H groups in total. The topological polar surface area (TPSA) is 92.7 Å². The van der Waals surface area contributed by atoms with Crippen LogP contribution in [0.2, 0.25) is 0 Å². The van der Waals surface area contributed by atoms with Crippen LogP contribution in [0, 0.1) is 0 Å². The summed E-state index contributed by atoms with van der Waals surface area (Å²) >= 11 is 0. The Morgan fingerprint density at radius 2 is 1.67 bits per heavy atom. The molecule has 1 aliphatic rings. The molecular weight excluding hydrogens is 349 g/mol. The second kappa shape index (κ2) is 7.24. The summed E-state index contributed by atoms with van der Waals surface area (Å²) in [4.78, 5) is 23.7. The number of aromatic nitrogens is 3. The summed E-state index contributed by atoms with van der Waals surface area (Å²) in [7, 11) is 0.845. The zero-order valence-corrected chi connectivity index (χ0v) is 16.1. The number of methoxy groups -OCH3 is 1. The van der Waals surface area contributed by atoms with Crippen molar-refractivity contribution < 1.29 is 23.6 Å². The van der Waals surface area contributed by atoms with Gasteiger partial charge in [0.05, 0.1) is 29.6 Å². The van der Waals surface area contributed by atoms with Crippen LogP contribution in [0.15, 0.2) is 30.7 Å². The average molecular weight is 371 g/mol. The van der Waals surface area contributed by atoms with Crippen molar-refractivity contribution in [1.29, 1.82) is 0 Å². The number of carbonyl (C=O) groups is 1. The van der Waals surface area contributed by atoms with Crippen LogP contribution in [0.25, 0.3) is 0 Å². The van der Waals surface area contributed by atoms with Crippen molar-refractivity contribution in [3.8, 4) is 6.01 Å². The van der Waals surface area contributed by atoms with Crippen LogP contribution in [-0.4, -0.2) is 46.4 Å². The summed E-state index contributed by atoms with van der Waals surface area (Å²) in [6.07, 6.45) is 4.41. The molecular formula is C18H22BN3O5. The fourth-order valence-electron chi connectivity index (χ4n) is 2.39. The molecule has 1 saturated heterocycles. The smallest absolute Gasteiger partial charge is 0.465 e. The second-order valence-electron chi connectivity index (χ2n) is 7.21. The van der Waals surface area contributed by atoms with E-state index in [4.69, 9.17) is 14.0 Å². The molecule has 27 heavy (non-hydrogen) atoms. The van der Waals surface area contributed by atoms with Gasteiger partial charge in [-0.05, 0) is 33.8 Å². The number of hydrogen-bond acceptors (Lipinski definition) is 8. The molecule has 9 heteroatoms. The Bertz CT molecular complexity index is 793. The third kappa shape index (κ3) is 4.09. The number of pyridine rings is 1. The lowest BCUT2D eigenvalue weighted by Gasteiger charge is -2.32. The number of esters is 1. The summed E-state index contributed by atoms with van der Waals surface area (Å²) in [5.74, 6) is -0.499. The van der Waals surface area contributed by atoms with Gasteiger partial charge in [0.1, 0.15) is 6.61 Å². The second-order valence-corrected chi connectivity index (χ2v) is 7.21. The molecule has 1 fully saturated rings. The summed E-state index contributed by atoms with van der Waals surface area (Å²) in [5, 5.41) is 0. The maximum Gasteiger partial charge on any atom is 0.496 e. The Hall–Kier alpha value is -2.52. The molecule has 0 saturated carbocycles. The SMILES string of the molecule is COC(=O)c1cnc(OCc2ccc(B3OC(C)(C)C(C)(C)O3)cn2)nc1. The van der Waals surface area contributed by atoms with Crippen LogP contribution in [0.5, 0.6) is 6.01 Å². The zero-order valence-electron chi connectivity index (χ0n) is 16.1. The Kier molecular flexibility index (Phi) is 5.17. The van der Waals surface area contributed by atoms with Crippen molar-refractivity contribution >= 4 is 18.6 Å². The van der Waals surface area contributed by atoms with Crippen molar-refractivity contribution in [2.45, 2.75) is 45.5 Å². The van der Waals surface area contributed by atoms with E-state index < -0.39 is 24.3 Å². The fourth-order valence-corrected chi connectivity index (χ4v) is 2.39. The van der Waals surface area contributed by atoms with E-state index >= 15 is 0 Å². The predicted molar refractivity (Wildman–Crippen MR) is 97.7 cm³/mol. The highest BCUT2D eigenvalue weighted by atomic mass is 16.7. The van der Waals surface area contributed by atoms with Gasteiger partial charge in [0.15, 0.2) is 0 Å². The summed E-state index contributed by atoms with van der Waals surface area (Å²) < 4.78 is 22.1. The molecule has 0 aromatic carbocycles. The lowest BCUT2D eigenvalue weighted by Crippen LogP contribution is -2.41. The van der Waals surface area contributed by atoms with E-state index in [9.17, 15) is 4.79 Å². The molecule has 8 nitrogen and oxygen atoms in total. The van der Waals surface area contributed by atoms with Crippen molar-refractivity contribution in [1.82, 2.24) is 15.0 Å². The van der Waals surface area contributed by atoms with Gasteiger partial charge in [-0.25, -0.2) is 14.8 Å². The van der Waals surface area contributed by atoms with E-state index in [0.717, 1.165) is 5.46 Å². The van der Waals surface area contributed by atoms with Gasteiger partial charge in [0, 0.05) is 24.1 Å². The number of hydrogen-bond donors (Lipinski definition) is 0. The van der Waals surface area contributed by atoms with Crippen LogP contribution in [0.4, 0.5) is 0 Å². The highest BCUT2D eigenvalue weighted by Gasteiger charge is 2.51. The van der Waals surface area contributed by atoms with Crippen molar-refractivity contribution in [2.75, 3.05) is 7.11 Å². The summed E-state index contributed by atoms with van der Waals surface area (Å²) in [6, 6.07) is 3.89. The highest BCUT2D eigenvalue weighted by Crippen LogP contribution is 2.36. The quantitative estimate of drug-likeness (QED) is 0.577. The molecule has 0 radical (unpaired) electrons. The first kappa shape index (κ1) is 19.3. The lowest BCUT2D eigenvalue weighted by atomic mass is 9.80. The number of carbonyl (C=O) groups excluding carboxylic acids is 1. The van der Waals surface area contributed by atoms with Gasteiger partial charge in [-0.3, -0.25) is 4.98 Å². The minimum absolute atomic E-state index is 0.152. The molecule has 0 unspecified atom stereocenters. The van der Waals surface area contributed by atoms with Gasteiger partial charge < -0.3 is 18.8 Å². The van der Waals surface area contributed by atoms with Crippen molar-refractivity contribution in [2.24, 2.45) is 0 Å². The van der Waals surface area contributed by atoms with E-state index in [1.165, 1.54) is 19.5 Å². The van der Waals surface area contributed by atoms with E-state index in [0.29, 0.717) is 5.69 Å². The largest absolute Gasteiger partial charge is 0.496 e. The Balaban J connectivity index is 1.59. The molecule has 2 aromatic rings. The van der Waals surface area contributed by atoms with Crippen LogP contribution in [-0.2, 0) is 20.7 Å². The standard InChI is InChI=1S/C18H22BN3O5/c1-17(2)18(3,4)27-19(26-17)13-6-7-14(20-10-13)11-25-16-21-8-12(9-22-16)15(23)24-5/h6-10H,11H2,1-5H3. The van der Waals surface area contributed by atoms with E-state index in [2.05, 4.69) is 19.7 Å². The number of nitrogens with zero attached hydrogens (tertiary/aromatic N) is 3. The number of ether oxygens (including phenoxy) is 2. The summed E-state index contributed by atoms with van der Waals surface area (Å²) in [6.45, 7) is 8.23. The molecule has 3 heterocycles. The van der Waals surface area contributed by atoms with Crippen LogP contribution < -0.4 is 10.2 Å². The third-order valence-electron chi connectivity index (χ3n) is 4.77. The molecule has 0 aliphatic carbocycles. The molecule has 0 amide bonds. The van der Waals surface area contributed by atoms with E-state index in [1.54, 1.807) is 6.20 Å². The van der Waals surface area contributed by atoms with E-state index in [1.807, 2.05) is 39.8 Å². The minimum atomic E-state index is -0.499. The molecule has 2 aromatic heterocycles. The first-order valence-corrected chi connectivity index (χ1v) is 8.55. The monoisotopic (exact) mass is 371 g/mol. The first-order chi connectivity index (χ1) is 12.7. The molecule has 0 bridgehead atoms. The van der Waals surface area contributed by atoms with Gasteiger partial charge >= 0.3 is 19.1 Å². The van der Waals surface area contributed by atoms with Gasteiger partial charge in [0.25, 0.3) is 0 Å². The highest BCUT2D eigenvalue weighted by molar-refractivity contribution is 6.62. The van der Waals surface area contributed by atoms with Crippen LogP contribution in [0.3, 0.4) is 0 Å². The Morgan fingerprint density at radius 1 is 1.04 bits per heavy atom. The van der Waals surface area contributed by atoms with Gasteiger partial charge in [0.2, 0.25) is 0 Å². The Labute approximate surface area is 158 Å². The maximum atomic E-state index is 11.4. The first-order valence-electron chi connectivity index (χ1n) is 8.55. The van der Waals surface area contributed by atoms with Gasteiger partial charge in [-0.2, -0.15) is 0 Å². The average Bonchev–Trinajstić information content (AvgIpc) is 2.87. The molecule has 0 atom stereocenters. The van der Waals surface area contributed by atoms with Crippen molar-refractivity contribution in [3.05, 3.63) is 42.0 Å². The fraction of sp³-hybridized carbons (Fsp3) is 0.444. The van der Waals surface area contributed by atoms with E-state index in [-0.39, 0.29) is 18.2 Å². The van der Waals surface area contributed by atoms with Crippen LogP contribution >= 0.6 is 0 Å². The maximum absolute atomic E-state index is 11.4. The molecule has 142 valence electrons. The zero-order chi connectivity index (χ0) is 19.7. The third-order valence-corrected chi connectivity index (χ3v) is 4.77. The number of rotatable bonds is 5. The minimum Gasteiger partial charge on any atom is -0.465 e. The molecule has 3 rings (SSSR count). The van der Waals surface area contributed by atoms with Gasteiger partial charge in [-0.1, -0.05) is 6.07 Å².